The first-order valence-corrected chi connectivity index (χ1v) is 9.80. The van der Waals surface area contributed by atoms with Gasteiger partial charge in [-0.2, -0.15) is 15.0 Å². The van der Waals surface area contributed by atoms with Crippen LogP contribution in [0.2, 0.25) is 5.28 Å². The third-order valence-corrected chi connectivity index (χ3v) is 4.16. The molecule has 138 valence electrons. The van der Waals surface area contributed by atoms with Crippen LogP contribution in [-0.4, -0.2) is 35.2 Å². The van der Waals surface area contributed by atoms with Crippen LogP contribution >= 0.6 is 11.6 Å². The average Bonchev–Trinajstić information content (AvgIpc) is 2.57. The zero-order chi connectivity index (χ0) is 17.6. The fourth-order valence-electron chi connectivity index (χ4n) is 2.45. The lowest BCUT2D eigenvalue weighted by molar-refractivity contribution is 0.280. The van der Waals surface area contributed by atoms with Crippen LogP contribution in [0.25, 0.3) is 0 Å². The molecule has 1 rings (SSSR count). The summed E-state index contributed by atoms with van der Waals surface area (Å²) >= 11 is 5.98. The number of hydrogen-bond donors (Lipinski definition) is 0. The first-order chi connectivity index (χ1) is 11.7. The Balaban J connectivity index is 2.26. The van der Waals surface area contributed by atoms with Crippen LogP contribution in [0.3, 0.4) is 0 Å². The fourth-order valence-corrected chi connectivity index (χ4v) is 2.60. The molecule has 24 heavy (non-hydrogen) atoms. The van der Waals surface area contributed by atoms with E-state index in [2.05, 4.69) is 28.8 Å². The molecule has 0 aliphatic carbocycles. The van der Waals surface area contributed by atoms with Crippen molar-refractivity contribution in [2.45, 2.75) is 78.1 Å². The summed E-state index contributed by atoms with van der Waals surface area (Å²) in [7, 11) is 1.96. The van der Waals surface area contributed by atoms with Gasteiger partial charge in [0.05, 0.1) is 6.61 Å². The molecule has 0 saturated carbocycles. The minimum Gasteiger partial charge on any atom is -0.463 e. The van der Waals surface area contributed by atoms with Crippen LogP contribution in [0.5, 0.6) is 6.01 Å². The van der Waals surface area contributed by atoms with Gasteiger partial charge in [-0.15, -0.1) is 0 Å². The molecule has 1 heterocycles. The number of ether oxygens (including phenoxy) is 1. The SMILES string of the molecule is CCCCCCCCCCOc1nc(Cl)nc(N(C)CCCC)n1. The van der Waals surface area contributed by atoms with E-state index < -0.39 is 0 Å². The molecule has 0 amide bonds. The van der Waals surface area contributed by atoms with Crippen LogP contribution in [-0.2, 0) is 0 Å². The zero-order valence-electron chi connectivity index (χ0n) is 15.6. The first kappa shape index (κ1) is 20.9. The highest BCUT2D eigenvalue weighted by Gasteiger charge is 2.10. The van der Waals surface area contributed by atoms with Gasteiger partial charge in [-0.25, -0.2) is 0 Å². The lowest BCUT2D eigenvalue weighted by Crippen LogP contribution is -2.21. The molecule has 0 unspecified atom stereocenters. The summed E-state index contributed by atoms with van der Waals surface area (Å²) in [5.41, 5.74) is 0. The Labute approximate surface area is 152 Å². The molecule has 0 bridgehead atoms. The largest absolute Gasteiger partial charge is 0.463 e. The van der Waals surface area contributed by atoms with E-state index in [1.807, 2.05) is 11.9 Å². The van der Waals surface area contributed by atoms with E-state index in [9.17, 15) is 0 Å². The quantitative estimate of drug-likeness (QED) is 0.424. The van der Waals surface area contributed by atoms with Gasteiger partial charge in [0.2, 0.25) is 11.2 Å². The third-order valence-electron chi connectivity index (χ3n) is 3.99. The lowest BCUT2D eigenvalue weighted by atomic mass is 10.1. The summed E-state index contributed by atoms with van der Waals surface area (Å²) < 4.78 is 5.65. The normalized spacial score (nSPS) is 10.8. The van der Waals surface area contributed by atoms with E-state index in [0.717, 1.165) is 25.8 Å². The van der Waals surface area contributed by atoms with E-state index in [0.29, 0.717) is 18.6 Å². The van der Waals surface area contributed by atoms with Crippen LogP contribution in [0, 0.1) is 0 Å². The molecule has 0 aliphatic rings. The number of rotatable bonds is 14. The molecule has 0 spiro atoms. The molecule has 0 aromatic carbocycles. The molecule has 0 atom stereocenters. The monoisotopic (exact) mass is 356 g/mol. The maximum Gasteiger partial charge on any atom is 0.322 e. The highest BCUT2D eigenvalue weighted by atomic mass is 35.5. The number of nitrogens with zero attached hydrogens (tertiary/aromatic N) is 4. The van der Waals surface area contributed by atoms with Gasteiger partial charge in [0.25, 0.3) is 0 Å². The van der Waals surface area contributed by atoms with Crippen molar-refractivity contribution < 1.29 is 4.74 Å². The van der Waals surface area contributed by atoms with Crippen molar-refractivity contribution in [3.63, 3.8) is 0 Å². The molecular formula is C18H33ClN4O. The smallest absolute Gasteiger partial charge is 0.322 e. The molecule has 0 aliphatic heterocycles. The summed E-state index contributed by atoms with van der Waals surface area (Å²) in [6.45, 7) is 5.94. The topological polar surface area (TPSA) is 51.1 Å². The summed E-state index contributed by atoms with van der Waals surface area (Å²) in [6, 6.07) is 0.330. The second kappa shape index (κ2) is 13.2. The van der Waals surface area contributed by atoms with Crippen molar-refractivity contribution in [3.8, 4) is 6.01 Å². The van der Waals surface area contributed by atoms with E-state index >= 15 is 0 Å². The Kier molecular flexibility index (Phi) is 11.5. The fraction of sp³-hybridized carbons (Fsp3) is 0.833. The number of aromatic nitrogens is 3. The summed E-state index contributed by atoms with van der Waals surface area (Å²) in [4.78, 5) is 14.6. The van der Waals surface area contributed by atoms with Gasteiger partial charge in [-0.05, 0) is 24.4 Å². The zero-order valence-corrected chi connectivity index (χ0v) is 16.3. The number of hydrogen-bond acceptors (Lipinski definition) is 5. The van der Waals surface area contributed by atoms with Crippen molar-refractivity contribution >= 4 is 17.5 Å². The van der Waals surface area contributed by atoms with Gasteiger partial charge in [-0.3, -0.25) is 0 Å². The van der Waals surface area contributed by atoms with Gasteiger partial charge in [0, 0.05) is 13.6 Å². The molecule has 1 aromatic rings. The molecule has 5 nitrogen and oxygen atoms in total. The molecule has 6 heteroatoms. The Hall–Kier alpha value is -1.10. The molecular weight excluding hydrogens is 324 g/mol. The van der Waals surface area contributed by atoms with Crippen molar-refractivity contribution in [1.29, 1.82) is 0 Å². The Morgan fingerprint density at radius 2 is 1.46 bits per heavy atom. The van der Waals surface area contributed by atoms with Crippen molar-refractivity contribution in [2.75, 3.05) is 25.1 Å². The molecule has 1 aromatic heterocycles. The summed E-state index contributed by atoms with van der Waals surface area (Å²) in [5, 5.41) is 0.189. The summed E-state index contributed by atoms with van der Waals surface area (Å²) in [5.74, 6) is 0.578. The molecule has 0 fully saturated rings. The predicted octanol–water partition coefficient (Wildman–Crippen LogP) is 5.28. The Bertz CT molecular complexity index is 445. The third kappa shape index (κ3) is 9.26. The van der Waals surface area contributed by atoms with Crippen LogP contribution in [0.1, 0.15) is 78.1 Å². The maximum absolute atomic E-state index is 5.98. The van der Waals surface area contributed by atoms with Crippen LogP contribution in [0.15, 0.2) is 0 Å². The van der Waals surface area contributed by atoms with Gasteiger partial charge in [-0.1, -0.05) is 65.2 Å². The van der Waals surface area contributed by atoms with Crippen LogP contribution < -0.4 is 9.64 Å². The molecule has 0 N–H and O–H groups in total. The van der Waals surface area contributed by atoms with E-state index in [4.69, 9.17) is 16.3 Å². The van der Waals surface area contributed by atoms with E-state index in [-0.39, 0.29) is 5.28 Å². The lowest BCUT2D eigenvalue weighted by Gasteiger charge is -2.16. The second-order valence-electron chi connectivity index (χ2n) is 6.29. The summed E-state index contributed by atoms with van der Waals surface area (Å²) in [6.07, 6.45) is 12.4. The number of halogens is 1. The maximum atomic E-state index is 5.98. The second-order valence-corrected chi connectivity index (χ2v) is 6.62. The first-order valence-electron chi connectivity index (χ1n) is 9.42. The molecule has 0 saturated heterocycles. The van der Waals surface area contributed by atoms with Crippen molar-refractivity contribution in [1.82, 2.24) is 15.0 Å². The Morgan fingerprint density at radius 1 is 0.833 bits per heavy atom. The highest BCUT2D eigenvalue weighted by molar-refractivity contribution is 6.28. The van der Waals surface area contributed by atoms with E-state index in [1.165, 1.54) is 44.9 Å². The number of anilines is 1. The Morgan fingerprint density at radius 3 is 2.12 bits per heavy atom. The predicted molar refractivity (Wildman–Crippen MR) is 101 cm³/mol. The van der Waals surface area contributed by atoms with Gasteiger partial charge in [0.15, 0.2) is 0 Å². The van der Waals surface area contributed by atoms with Gasteiger partial charge >= 0.3 is 6.01 Å². The van der Waals surface area contributed by atoms with Gasteiger partial charge < -0.3 is 9.64 Å². The number of unbranched alkanes of at least 4 members (excludes halogenated alkanes) is 8. The van der Waals surface area contributed by atoms with E-state index in [1.54, 1.807) is 0 Å². The minimum atomic E-state index is 0.189. The molecule has 0 radical (unpaired) electrons. The van der Waals surface area contributed by atoms with Crippen LogP contribution in [0.4, 0.5) is 5.95 Å². The van der Waals surface area contributed by atoms with Gasteiger partial charge in [0.1, 0.15) is 0 Å². The van der Waals surface area contributed by atoms with Crippen molar-refractivity contribution in [3.05, 3.63) is 5.28 Å². The minimum absolute atomic E-state index is 0.189. The average molecular weight is 357 g/mol. The van der Waals surface area contributed by atoms with Crippen molar-refractivity contribution in [2.24, 2.45) is 0 Å². The standard InChI is InChI=1S/C18H33ClN4O/c1-4-6-8-9-10-11-12-13-15-24-18-21-16(19)20-17(22-18)23(3)14-7-5-2/h4-15H2,1-3H3. The highest BCUT2D eigenvalue weighted by Crippen LogP contribution is 2.15.